The highest BCUT2D eigenvalue weighted by Gasteiger charge is 2.12. The number of hydrogen-bond acceptors (Lipinski definition) is 4. The molecule has 0 aliphatic rings. The predicted molar refractivity (Wildman–Crippen MR) is 125 cm³/mol. The van der Waals surface area contributed by atoms with Crippen LogP contribution in [0.3, 0.4) is 0 Å². The molecule has 1 aromatic heterocycles. The van der Waals surface area contributed by atoms with Crippen LogP contribution in [0, 0.1) is 18.8 Å². The molecule has 1 N–H and O–H groups in total. The van der Waals surface area contributed by atoms with Gasteiger partial charge < -0.3 is 10.1 Å². The molecule has 0 fully saturated rings. The SMILES string of the molecule is COC(=O)c1cccc(C#Cc2cccc(NC(=O)c3cc(C)nc4ccccc34)c2)c1. The van der Waals surface area contributed by atoms with Gasteiger partial charge >= 0.3 is 5.97 Å². The van der Waals surface area contributed by atoms with E-state index in [1.807, 2.05) is 61.5 Å². The van der Waals surface area contributed by atoms with Gasteiger partial charge in [0.05, 0.1) is 23.8 Å². The molecule has 0 aliphatic heterocycles. The summed E-state index contributed by atoms with van der Waals surface area (Å²) >= 11 is 0. The predicted octanol–water partition coefficient (Wildman–Crippen LogP) is 4.98. The van der Waals surface area contributed by atoms with E-state index in [9.17, 15) is 9.59 Å². The normalized spacial score (nSPS) is 10.2. The molecule has 0 spiro atoms. The second-order valence-corrected chi connectivity index (χ2v) is 7.19. The van der Waals surface area contributed by atoms with E-state index in [1.54, 1.807) is 24.3 Å². The zero-order valence-corrected chi connectivity index (χ0v) is 17.7. The minimum Gasteiger partial charge on any atom is -0.465 e. The lowest BCUT2D eigenvalue weighted by Gasteiger charge is -2.09. The Morgan fingerprint density at radius 3 is 2.38 bits per heavy atom. The summed E-state index contributed by atoms with van der Waals surface area (Å²) in [7, 11) is 1.34. The maximum atomic E-state index is 13.0. The molecule has 0 bridgehead atoms. The number of aryl methyl sites for hydroxylation is 1. The van der Waals surface area contributed by atoms with Gasteiger partial charge in [-0.15, -0.1) is 0 Å². The van der Waals surface area contributed by atoms with Crippen molar-refractivity contribution in [2.75, 3.05) is 12.4 Å². The van der Waals surface area contributed by atoms with Gasteiger partial charge in [0.25, 0.3) is 5.91 Å². The van der Waals surface area contributed by atoms with E-state index in [-0.39, 0.29) is 5.91 Å². The number of benzene rings is 3. The van der Waals surface area contributed by atoms with E-state index in [1.165, 1.54) is 7.11 Å². The van der Waals surface area contributed by atoms with E-state index in [4.69, 9.17) is 4.74 Å². The summed E-state index contributed by atoms with van der Waals surface area (Å²) in [5.41, 5.74) is 4.66. The number of anilines is 1. The number of aromatic nitrogens is 1. The average Bonchev–Trinajstić information content (AvgIpc) is 2.82. The number of carbonyl (C=O) groups is 2. The largest absolute Gasteiger partial charge is 0.465 e. The van der Waals surface area contributed by atoms with Crippen LogP contribution in [0.15, 0.2) is 78.9 Å². The highest BCUT2D eigenvalue weighted by Crippen LogP contribution is 2.20. The van der Waals surface area contributed by atoms with Gasteiger partial charge in [-0.2, -0.15) is 0 Å². The van der Waals surface area contributed by atoms with Crippen molar-refractivity contribution in [3.05, 3.63) is 107 Å². The van der Waals surface area contributed by atoms with E-state index in [2.05, 4.69) is 22.1 Å². The number of rotatable bonds is 3. The zero-order valence-electron chi connectivity index (χ0n) is 17.7. The lowest BCUT2D eigenvalue weighted by atomic mass is 10.1. The van der Waals surface area contributed by atoms with Gasteiger partial charge in [0, 0.05) is 27.9 Å². The third kappa shape index (κ3) is 4.66. The minimum absolute atomic E-state index is 0.206. The van der Waals surface area contributed by atoms with Crippen molar-refractivity contribution in [1.29, 1.82) is 0 Å². The summed E-state index contributed by atoms with van der Waals surface area (Å²) in [6.07, 6.45) is 0. The maximum absolute atomic E-state index is 13.0. The van der Waals surface area contributed by atoms with Crippen molar-refractivity contribution >= 4 is 28.5 Å². The number of carbonyl (C=O) groups excluding carboxylic acids is 2. The van der Waals surface area contributed by atoms with Gasteiger partial charge in [0.2, 0.25) is 0 Å². The summed E-state index contributed by atoms with van der Waals surface area (Å²) in [5, 5.41) is 3.75. The van der Waals surface area contributed by atoms with E-state index >= 15 is 0 Å². The van der Waals surface area contributed by atoms with Crippen LogP contribution < -0.4 is 5.32 Å². The number of esters is 1. The number of para-hydroxylation sites is 1. The third-order valence-corrected chi connectivity index (χ3v) is 4.84. The summed E-state index contributed by atoms with van der Waals surface area (Å²) in [5.74, 6) is 5.51. The number of fused-ring (bicyclic) bond motifs is 1. The lowest BCUT2D eigenvalue weighted by Crippen LogP contribution is -2.13. The van der Waals surface area contributed by atoms with Gasteiger partial charge in [-0.05, 0) is 55.5 Å². The molecule has 0 saturated heterocycles. The Morgan fingerprint density at radius 2 is 1.59 bits per heavy atom. The Hall–Kier alpha value is -4.43. The number of ether oxygens (including phenoxy) is 1. The van der Waals surface area contributed by atoms with Crippen molar-refractivity contribution in [2.24, 2.45) is 0 Å². The standard InChI is InChI=1S/C27H20N2O3/c1-18-15-24(23-11-3-4-12-25(23)28-18)26(30)29-22-10-6-8-20(17-22)14-13-19-7-5-9-21(16-19)27(31)32-2/h3-12,15-17H,1-2H3,(H,29,30). The summed E-state index contributed by atoms with van der Waals surface area (Å²) in [6, 6.07) is 23.6. The van der Waals surface area contributed by atoms with E-state index < -0.39 is 5.97 Å². The smallest absolute Gasteiger partial charge is 0.337 e. The Balaban J connectivity index is 1.57. The van der Waals surface area contributed by atoms with Crippen LogP contribution in [0.2, 0.25) is 0 Å². The molecule has 1 amide bonds. The van der Waals surface area contributed by atoms with Crippen LogP contribution in [-0.4, -0.2) is 24.0 Å². The van der Waals surface area contributed by atoms with Crippen molar-refractivity contribution < 1.29 is 14.3 Å². The van der Waals surface area contributed by atoms with Gasteiger partial charge in [0.1, 0.15) is 0 Å². The molecule has 0 radical (unpaired) electrons. The first kappa shape index (κ1) is 20.8. The fourth-order valence-corrected chi connectivity index (χ4v) is 3.35. The van der Waals surface area contributed by atoms with Gasteiger partial charge in [-0.25, -0.2) is 4.79 Å². The second kappa shape index (κ2) is 9.15. The molecule has 0 unspecified atom stereocenters. The molecule has 5 heteroatoms. The Labute approximate surface area is 186 Å². The number of methoxy groups -OCH3 is 1. The molecular weight excluding hydrogens is 400 g/mol. The fraction of sp³-hybridized carbons (Fsp3) is 0.0741. The number of pyridine rings is 1. The van der Waals surface area contributed by atoms with Crippen molar-refractivity contribution in [1.82, 2.24) is 4.98 Å². The Kier molecular flexibility index (Phi) is 5.96. The molecule has 5 nitrogen and oxygen atoms in total. The Morgan fingerprint density at radius 1 is 0.875 bits per heavy atom. The summed E-state index contributed by atoms with van der Waals surface area (Å²) in [4.78, 5) is 29.2. The van der Waals surface area contributed by atoms with Crippen LogP contribution in [0.1, 0.15) is 37.5 Å². The fourth-order valence-electron chi connectivity index (χ4n) is 3.35. The molecule has 0 saturated carbocycles. The first-order chi connectivity index (χ1) is 15.5. The maximum Gasteiger partial charge on any atom is 0.337 e. The molecule has 4 aromatic rings. The molecule has 156 valence electrons. The van der Waals surface area contributed by atoms with Crippen LogP contribution in [0.25, 0.3) is 10.9 Å². The van der Waals surface area contributed by atoms with Crippen LogP contribution in [0.5, 0.6) is 0 Å². The van der Waals surface area contributed by atoms with Crippen molar-refractivity contribution in [3.63, 3.8) is 0 Å². The molecular formula is C27H20N2O3. The van der Waals surface area contributed by atoms with Crippen molar-refractivity contribution in [2.45, 2.75) is 6.92 Å². The first-order valence-corrected chi connectivity index (χ1v) is 10.0. The van der Waals surface area contributed by atoms with Crippen LogP contribution in [0.4, 0.5) is 5.69 Å². The minimum atomic E-state index is -0.405. The third-order valence-electron chi connectivity index (χ3n) is 4.84. The summed E-state index contributed by atoms with van der Waals surface area (Å²) in [6.45, 7) is 1.87. The second-order valence-electron chi connectivity index (χ2n) is 7.19. The van der Waals surface area contributed by atoms with E-state index in [0.29, 0.717) is 22.4 Å². The van der Waals surface area contributed by atoms with Crippen LogP contribution >= 0.6 is 0 Å². The molecule has 32 heavy (non-hydrogen) atoms. The van der Waals surface area contributed by atoms with Gasteiger partial charge in [0.15, 0.2) is 0 Å². The van der Waals surface area contributed by atoms with Crippen LogP contribution in [-0.2, 0) is 4.74 Å². The molecule has 4 rings (SSSR count). The van der Waals surface area contributed by atoms with Gasteiger partial charge in [-0.3, -0.25) is 9.78 Å². The highest BCUT2D eigenvalue weighted by atomic mass is 16.5. The van der Waals surface area contributed by atoms with Gasteiger partial charge in [-0.1, -0.05) is 42.2 Å². The molecule has 0 aliphatic carbocycles. The number of hydrogen-bond donors (Lipinski definition) is 1. The lowest BCUT2D eigenvalue weighted by molar-refractivity contribution is 0.0600. The monoisotopic (exact) mass is 420 g/mol. The topological polar surface area (TPSA) is 68.3 Å². The number of amides is 1. The molecule has 0 atom stereocenters. The highest BCUT2D eigenvalue weighted by molar-refractivity contribution is 6.12. The summed E-state index contributed by atoms with van der Waals surface area (Å²) < 4.78 is 4.75. The first-order valence-electron chi connectivity index (χ1n) is 10.0. The quantitative estimate of drug-likeness (QED) is 0.375. The zero-order chi connectivity index (χ0) is 22.5. The molecule has 1 heterocycles. The Bertz CT molecular complexity index is 1400. The van der Waals surface area contributed by atoms with E-state index in [0.717, 1.165) is 22.2 Å². The molecule has 3 aromatic carbocycles. The number of nitrogens with zero attached hydrogens (tertiary/aromatic N) is 1. The average molecular weight is 420 g/mol. The van der Waals surface area contributed by atoms with Crippen molar-refractivity contribution in [3.8, 4) is 11.8 Å². The number of nitrogens with one attached hydrogen (secondary N) is 1.